The van der Waals surface area contributed by atoms with E-state index in [2.05, 4.69) is 25.6 Å². The molecule has 38 heavy (non-hydrogen) atoms. The summed E-state index contributed by atoms with van der Waals surface area (Å²) in [7, 11) is 0. The average molecular weight is 516 g/mol. The van der Waals surface area contributed by atoms with Gasteiger partial charge in [-0.2, -0.15) is 0 Å². The van der Waals surface area contributed by atoms with Gasteiger partial charge in [-0.3, -0.25) is 9.59 Å². The van der Waals surface area contributed by atoms with Crippen LogP contribution in [0.1, 0.15) is 35.7 Å². The predicted molar refractivity (Wildman–Crippen MR) is 141 cm³/mol. The number of carbonyl (C=O) groups is 2. The number of ether oxygens (including phenoxy) is 2. The summed E-state index contributed by atoms with van der Waals surface area (Å²) in [5.41, 5.74) is 1.55. The lowest BCUT2D eigenvalue weighted by Crippen LogP contribution is -2.43. The van der Waals surface area contributed by atoms with Crippen molar-refractivity contribution in [2.45, 2.75) is 38.0 Å². The van der Waals surface area contributed by atoms with E-state index in [1.54, 1.807) is 30.5 Å². The number of H-pyrrole nitrogens is 1. The molecule has 1 aliphatic rings. The van der Waals surface area contributed by atoms with Crippen molar-refractivity contribution in [2.24, 2.45) is 0 Å². The molecule has 1 fully saturated rings. The predicted octanol–water partition coefficient (Wildman–Crippen LogP) is 3.44. The van der Waals surface area contributed by atoms with Crippen LogP contribution in [0.2, 0.25) is 0 Å². The maximum atomic E-state index is 13.4. The molecule has 1 saturated heterocycles. The van der Waals surface area contributed by atoms with Gasteiger partial charge in [0.15, 0.2) is 5.78 Å². The molecule has 0 spiro atoms. The Labute approximate surface area is 219 Å². The quantitative estimate of drug-likeness (QED) is 0.249. The SMILES string of the molecule is C[C@@H](O)C(=O)NC[C@@H]1CC[C@@H](Nc2ncnc3[nH]cc(C(=O)c4ccc(Oc5ccccc5)cc4)c23)CO1. The van der Waals surface area contributed by atoms with Crippen LogP contribution < -0.4 is 15.4 Å². The monoisotopic (exact) mass is 515 g/mol. The second-order valence-electron chi connectivity index (χ2n) is 9.21. The molecular formula is C28H29N5O5. The van der Waals surface area contributed by atoms with Crippen LogP contribution in [0.4, 0.5) is 5.82 Å². The van der Waals surface area contributed by atoms with E-state index in [1.165, 1.54) is 13.3 Å². The number of para-hydroxylation sites is 1. The number of rotatable bonds is 9. The Kier molecular flexibility index (Phi) is 7.62. The molecule has 0 saturated carbocycles. The van der Waals surface area contributed by atoms with Crippen LogP contribution in [0.5, 0.6) is 11.5 Å². The first kappa shape index (κ1) is 25.4. The maximum absolute atomic E-state index is 13.4. The molecule has 0 unspecified atom stereocenters. The lowest BCUT2D eigenvalue weighted by molar-refractivity contribution is -0.129. The lowest BCUT2D eigenvalue weighted by Gasteiger charge is -2.30. The minimum absolute atomic E-state index is 0.0240. The van der Waals surface area contributed by atoms with Gasteiger partial charge in [-0.05, 0) is 56.2 Å². The Bertz CT molecular complexity index is 1400. The van der Waals surface area contributed by atoms with Crippen molar-refractivity contribution in [3.8, 4) is 11.5 Å². The standard InChI is InChI=1S/C28H29N5O5/c1-17(34)28(36)30-13-22-12-9-19(15-37-22)33-27-24-23(14-29-26(24)31-16-32-27)25(35)18-7-10-21(11-8-18)38-20-5-3-2-4-6-20/h2-8,10-11,14,16-17,19,22,34H,9,12-13,15H2,1H3,(H,30,36)(H2,29,31,32,33)/t17-,19-,22+/m1/s1. The molecule has 196 valence electrons. The van der Waals surface area contributed by atoms with Crippen molar-refractivity contribution < 1.29 is 24.2 Å². The molecule has 2 aromatic carbocycles. The summed E-state index contributed by atoms with van der Waals surface area (Å²) in [6, 6.07) is 16.4. The number of nitrogens with zero attached hydrogens (tertiary/aromatic N) is 2. The summed E-state index contributed by atoms with van der Waals surface area (Å²) >= 11 is 0. The molecule has 4 N–H and O–H groups in total. The van der Waals surface area contributed by atoms with Crippen LogP contribution >= 0.6 is 0 Å². The highest BCUT2D eigenvalue weighted by molar-refractivity contribution is 6.18. The van der Waals surface area contributed by atoms with E-state index in [1.807, 2.05) is 30.3 Å². The largest absolute Gasteiger partial charge is 0.457 e. The van der Waals surface area contributed by atoms with Gasteiger partial charge in [0.05, 0.1) is 29.7 Å². The number of benzene rings is 2. The number of anilines is 1. The molecule has 4 aromatic rings. The normalized spacial score (nSPS) is 18.1. The van der Waals surface area contributed by atoms with Gasteiger partial charge in [-0.1, -0.05) is 18.2 Å². The summed E-state index contributed by atoms with van der Waals surface area (Å²) in [4.78, 5) is 36.8. The Balaban J connectivity index is 1.26. The number of hydrogen-bond acceptors (Lipinski definition) is 8. The molecular weight excluding hydrogens is 486 g/mol. The fourth-order valence-electron chi connectivity index (χ4n) is 4.34. The highest BCUT2D eigenvalue weighted by Gasteiger charge is 2.25. The summed E-state index contributed by atoms with van der Waals surface area (Å²) in [6.45, 7) is 2.19. The van der Waals surface area contributed by atoms with Crippen LogP contribution in [0.3, 0.4) is 0 Å². The first-order valence-corrected chi connectivity index (χ1v) is 12.5. The van der Waals surface area contributed by atoms with Crippen LogP contribution in [-0.2, 0) is 9.53 Å². The van der Waals surface area contributed by atoms with Crippen molar-refractivity contribution in [1.29, 1.82) is 0 Å². The average Bonchev–Trinajstić information content (AvgIpc) is 3.38. The molecule has 1 amide bonds. The summed E-state index contributed by atoms with van der Waals surface area (Å²) < 4.78 is 11.7. The Morgan fingerprint density at radius 1 is 1.11 bits per heavy atom. The molecule has 3 heterocycles. The van der Waals surface area contributed by atoms with Gasteiger partial charge in [0.1, 0.15) is 35.4 Å². The van der Waals surface area contributed by atoms with Crippen molar-refractivity contribution in [1.82, 2.24) is 20.3 Å². The fraction of sp³-hybridized carbons (Fsp3) is 0.286. The van der Waals surface area contributed by atoms with Crippen LogP contribution in [-0.4, -0.2) is 63.2 Å². The smallest absolute Gasteiger partial charge is 0.248 e. The minimum Gasteiger partial charge on any atom is -0.457 e. The number of hydrogen-bond donors (Lipinski definition) is 4. The van der Waals surface area contributed by atoms with Crippen LogP contribution in [0.25, 0.3) is 11.0 Å². The number of fused-ring (bicyclic) bond motifs is 1. The van der Waals surface area contributed by atoms with E-state index < -0.39 is 12.0 Å². The molecule has 2 aromatic heterocycles. The second kappa shape index (κ2) is 11.4. The van der Waals surface area contributed by atoms with E-state index in [0.29, 0.717) is 46.9 Å². The molecule has 0 aliphatic carbocycles. The highest BCUT2D eigenvalue weighted by Crippen LogP contribution is 2.28. The van der Waals surface area contributed by atoms with Gasteiger partial charge in [0, 0.05) is 18.3 Å². The second-order valence-corrected chi connectivity index (χ2v) is 9.21. The topological polar surface area (TPSA) is 138 Å². The van der Waals surface area contributed by atoms with Gasteiger partial charge in [-0.25, -0.2) is 9.97 Å². The highest BCUT2D eigenvalue weighted by atomic mass is 16.5. The number of aromatic nitrogens is 3. The zero-order valence-corrected chi connectivity index (χ0v) is 20.9. The minimum atomic E-state index is -1.05. The van der Waals surface area contributed by atoms with Gasteiger partial charge >= 0.3 is 0 Å². The van der Waals surface area contributed by atoms with Crippen molar-refractivity contribution in [3.63, 3.8) is 0 Å². The van der Waals surface area contributed by atoms with E-state index in [-0.39, 0.29) is 17.9 Å². The summed E-state index contributed by atoms with van der Waals surface area (Å²) in [6.07, 6.45) is 3.44. The summed E-state index contributed by atoms with van der Waals surface area (Å²) in [5.74, 6) is 1.34. The van der Waals surface area contributed by atoms with E-state index in [9.17, 15) is 14.7 Å². The van der Waals surface area contributed by atoms with Crippen molar-refractivity contribution in [2.75, 3.05) is 18.5 Å². The summed E-state index contributed by atoms with van der Waals surface area (Å²) in [5, 5.41) is 16.0. The maximum Gasteiger partial charge on any atom is 0.248 e. The number of aliphatic hydroxyl groups is 1. The fourth-order valence-corrected chi connectivity index (χ4v) is 4.34. The Morgan fingerprint density at radius 3 is 2.58 bits per heavy atom. The molecule has 5 rings (SSSR count). The van der Waals surface area contributed by atoms with Gasteiger partial charge in [0.25, 0.3) is 0 Å². The van der Waals surface area contributed by atoms with E-state index in [4.69, 9.17) is 9.47 Å². The van der Waals surface area contributed by atoms with Gasteiger partial charge in [-0.15, -0.1) is 0 Å². The molecule has 3 atom stereocenters. The zero-order chi connectivity index (χ0) is 26.5. The van der Waals surface area contributed by atoms with Crippen molar-refractivity contribution in [3.05, 3.63) is 78.2 Å². The number of ketones is 1. The van der Waals surface area contributed by atoms with Crippen LogP contribution in [0, 0.1) is 0 Å². The number of aliphatic hydroxyl groups excluding tert-OH is 1. The lowest BCUT2D eigenvalue weighted by atomic mass is 10.0. The molecule has 1 aliphatic heterocycles. The Hall–Kier alpha value is -4.28. The zero-order valence-electron chi connectivity index (χ0n) is 20.9. The third-order valence-corrected chi connectivity index (χ3v) is 6.40. The van der Waals surface area contributed by atoms with Gasteiger partial charge < -0.3 is 30.2 Å². The van der Waals surface area contributed by atoms with Crippen molar-refractivity contribution >= 4 is 28.5 Å². The first-order valence-electron chi connectivity index (χ1n) is 12.5. The van der Waals surface area contributed by atoms with E-state index in [0.717, 1.165) is 18.6 Å². The number of aromatic amines is 1. The molecule has 0 bridgehead atoms. The molecule has 10 nitrogen and oxygen atoms in total. The first-order chi connectivity index (χ1) is 18.5. The molecule has 10 heteroatoms. The number of nitrogens with one attached hydrogen (secondary N) is 3. The van der Waals surface area contributed by atoms with Gasteiger partial charge in [0.2, 0.25) is 5.91 Å². The number of carbonyl (C=O) groups excluding carboxylic acids is 2. The molecule has 0 radical (unpaired) electrons. The Morgan fingerprint density at radius 2 is 1.87 bits per heavy atom. The van der Waals surface area contributed by atoms with Crippen LogP contribution in [0.15, 0.2) is 67.1 Å². The number of amides is 1. The van der Waals surface area contributed by atoms with E-state index >= 15 is 0 Å². The third-order valence-electron chi connectivity index (χ3n) is 6.40. The third kappa shape index (κ3) is 5.82.